The lowest BCUT2D eigenvalue weighted by Crippen LogP contribution is -2.59. The molecule has 17 nitrogen and oxygen atoms in total. The third-order valence-electron chi connectivity index (χ3n) is 6.53. The van der Waals surface area contributed by atoms with Gasteiger partial charge in [-0.3, -0.25) is 28.8 Å². The second-order valence-corrected chi connectivity index (χ2v) is 9.91. The average molecular weight is 613 g/mol. The van der Waals surface area contributed by atoms with Crippen molar-refractivity contribution in [1.82, 2.24) is 41.5 Å². The summed E-state index contributed by atoms with van der Waals surface area (Å²) in [6.07, 6.45) is 3.19. The summed E-state index contributed by atoms with van der Waals surface area (Å²) in [7, 11) is 0. The molecule has 2 aromatic heterocycles. The highest BCUT2D eigenvalue weighted by Crippen LogP contribution is 2.19. The lowest BCUT2D eigenvalue weighted by atomic mass is 10.0. The van der Waals surface area contributed by atoms with Crippen molar-refractivity contribution in [3.63, 3.8) is 0 Å². The average Bonchev–Trinajstić information content (AvgIpc) is 3.66. The Kier molecular flexibility index (Phi) is 11.9. The summed E-state index contributed by atoms with van der Waals surface area (Å²) in [5.41, 5.74) is 12.6. The number of hydrogen-bond acceptors (Lipinski definition) is 9. The van der Waals surface area contributed by atoms with Crippen molar-refractivity contribution in [1.29, 1.82) is 0 Å². The maximum Gasteiger partial charge on any atom is 0.245 e. The molecule has 17 heteroatoms. The molecule has 2 heterocycles. The Balaban J connectivity index is 1.71. The number of imidazole rings is 1. The van der Waals surface area contributed by atoms with E-state index in [-0.39, 0.29) is 19.4 Å². The molecule has 0 bridgehead atoms. The molecule has 3 aromatic rings. The third kappa shape index (κ3) is 9.63. The number of hydrogen-bond donors (Lipinski definition) is 10. The Labute approximate surface area is 251 Å². The molecule has 0 aliphatic heterocycles. The zero-order chi connectivity index (χ0) is 32.2. The van der Waals surface area contributed by atoms with Crippen molar-refractivity contribution in [3.8, 4) is 0 Å². The molecule has 0 aliphatic rings. The van der Waals surface area contributed by atoms with Crippen LogP contribution in [0.3, 0.4) is 0 Å². The molecule has 0 unspecified atom stereocenters. The van der Waals surface area contributed by atoms with Gasteiger partial charge in [0, 0.05) is 41.8 Å². The molecule has 12 N–H and O–H groups in total. The van der Waals surface area contributed by atoms with E-state index < -0.39 is 72.8 Å². The number of H-pyrrole nitrogens is 2. The van der Waals surface area contributed by atoms with Gasteiger partial charge in [-0.1, -0.05) is 18.2 Å². The van der Waals surface area contributed by atoms with E-state index in [2.05, 4.69) is 41.5 Å². The number of aliphatic hydroxyl groups is 1. The van der Waals surface area contributed by atoms with Crippen LogP contribution in [-0.2, 0) is 41.6 Å². The van der Waals surface area contributed by atoms with Gasteiger partial charge in [-0.05, 0) is 18.6 Å². The van der Waals surface area contributed by atoms with Gasteiger partial charge < -0.3 is 53.1 Å². The maximum absolute atomic E-state index is 13.3. The first-order valence-corrected chi connectivity index (χ1v) is 13.6. The van der Waals surface area contributed by atoms with E-state index in [1.165, 1.54) is 19.4 Å². The lowest BCUT2D eigenvalue weighted by Gasteiger charge is -2.25. The quantitative estimate of drug-likeness (QED) is 0.0758. The highest BCUT2D eigenvalue weighted by atomic mass is 16.3. The molecular weight excluding hydrogens is 576 g/mol. The maximum atomic E-state index is 13.3. The second kappa shape index (κ2) is 15.8. The molecule has 0 radical (unpaired) electrons. The number of nitrogens with zero attached hydrogens (tertiary/aromatic N) is 1. The van der Waals surface area contributed by atoms with Gasteiger partial charge in [0.2, 0.25) is 35.4 Å². The molecule has 0 saturated carbocycles. The fourth-order valence-electron chi connectivity index (χ4n) is 4.25. The van der Waals surface area contributed by atoms with Gasteiger partial charge in [0.15, 0.2) is 0 Å². The number of amides is 6. The third-order valence-corrected chi connectivity index (χ3v) is 6.53. The number of rotatable bonds is 16. The SMILES string of the molecule is C[C@@H](O)[C@H](NC(=O)CNC(=O)CN)C(=O)N[C@@H](Cc1c[nH]c2ccccc12)C(=O)NCC(=O)N[C@@H](Cc1cnc[nH]1)C(N)=O. The first-order valence-electron chi connectivity index (χ1n) is 13.6. The summed E-state index contributed by atoms with van der Waals surface area (Å²) in [6, 6.07) is 3.45. The van der Waals surface area contributed by atoms with Crippen LogP contribution in [0.5, 0.6) is 0 Å². The number of aromatic nitrogens is 3. The van der Waals surface area contributed by atoms with Crippen LogP contribution in [0.2, 0.25) is 0 Å². The largest absolute Gasteiger partial charge is 0.391 e. The predicted octanol–water partition coefficient (Wildman–Crippen LogP) is -3.81. The molecule has 0 spiro atoms. The van der Waals surface area contributed by atoms with Crippen molar-refractivity contribution in [2.45, 2.75) is 44.0 Å². The minimum Gasteiger partial charge on any atom is -0.391 e. The molecule has 4 atom stereocenters. The topological polar surface area (TPSA) is 279 Å². The number of carbonyl (C=O) groups excluding carboxylic acids is 6. The molecule has 0 fully saturated rings. The number of benzene rings is 1. The van der Waals surface area contributed by atoms with Crippen LogP contribution < -0.4 is 38.1 Å². The highest BCUT2D eigenvalue weighted by molar-refractivity contribution is 5.95. The minimum absolute atomic E-state index is 0.0278. The molecular formula is C27H36N10O7. The fourth-order valence-corrected chi connectivity index (χ4v) is 4.25. The van der Waals surface area contributed by atoms with Crippen molar-refractivity contribution in [2.75, 3.05) is 19.6 Å². The van der Waals surface area contributed by atoms with Crippen molar-refractivity contribution in [2.24, 2.45) is 11.5 Å². The summed E-state index contributed by atoms with van der Waals surface area (Å²) in [5, 5.41) is 23.0. The van der Waals surface area contributed by atoms with E-state index >= 15 is 0 Å². The van der Waals surface area contributed by atoms with Crippen molar-refractivity contribution in [3.05, 3.63) is 54.2 Å². The van der Waals surface area contributed by atoms with E-state index in [9.17, 15) is 33.9 Å². The minimum atomic E-state index is -1.49. The van der Waals surface area contributed by atoms with Crippen molar-refractivity contribution < 1.29 is 33.9 Å². The van der Waals surface area contributed by atoms with E-state index in [4.69, 9.17) is 11.5 Å². The van der Waals surface area contributed by atoms with Crippen LogP contribution in [0, 0.1) is 0 Å². The predicted molar refractivity (Wildman–Crippen MR) is 156 cm³/mol. The summed E-state index contributed by atoms with van der Waals surface area (Å²) in [4.78, 5) is 84.4. The van der Waals surface area contributed by atoms with E-state index in [1.54, 1.807) is 12.3 Å². The standard InChI is InChI=1S/C27H36N10O7/c1-14(38)24(37-23(41)11-32-21(39)8-28)27(44)36-20(6-15-9-31-18-5-3-2-4-17(15)18)26(43)33-12-22(40)35-19(25(29)42)7-16-10-30-13-34-16/h2-5,9-10,13-14,19-20,24,31,38H,6-8,11-12,28H2,1H3,(H2,29,42)(H,30,34)(H,32,39)(H,33,43)(H,35,40)(H,36,44)(H,37,41)/t14-,19+,20+,24+/m1/s1. The van der Waals surface area contributed by atoms with Crippen LogP contribution in [-0.4, -0.2) is 99.4 Å². The van der Waals surface area contributed by atoms with Gasteiger partial charge >= 0.3 is 0 Å². The van der Waals surface area contributed by atoms with E-state index in [0.717, 1.165) is 10.9 Å². The molecule has 44 heavy (non-hydrogen) atoms. The summed E-state index contributed by atoms with van der Waals surface area (Å²) in [6.45, 7) is -0.124. The Bertz CT molecular complexity index is 1470. The Morgan fingerprint density at radius 3 is 2.25 bits per heavy atom. The molecule has 1 aromatic carbocycles. The molecule has 0 aliphatic carbocycles. The van der Waals surface area contributed by atoms with Gasteiger partial charge in [0.1, 0.15) is 18.1 Å². The Morgan fingerprint density at radius 2 is 1.59 bits per heavy atom. The van der Waals surface area contributed by atoms with Crippen molar-refractivity contribution >= 4 is 46.3 Å². The molecule has 3 rings (SSSR count). The number of aliphatic hydroxyl groups excluding tert-OH is 1. The van der Waals surface area contributed by atoms with Gasteiger partial charge in [-0.25, -0.2) is 4.98 Å². The molecule has 0 saturated heterocycles. The van der Waals surface area contributed by atoms with E-state index in [0.29, 0.717) is 11.3 Å². The smallest absolute Gasteiger partial charge is 0.245 e. The number of aromatic amines is 2. The zero-order valence-electron chi connectivity index (χ0n) is 23.9. The van der Waals surface area contributed by atoms with Gasteiger partial charge in [0.25, 0.3) is 0 Å². The Morgan fingerprint density at radius 1 is 0.886 bits per heavy atom. The lowest BCUT2D eigenvalue weighted by molar-refractivity contribution is -0.134. The summed E-state index contributed by atoms with van der Waals surface area (Å²) >= 11 is 0. The first kappa shape index (κ1) is 33.2. The van der Waals surface area contributed by atoms with Gasteiger partial charge in [-0.2, -0.15) is 0 Å². The van der Waals surface area contributed by atoms with Crippen LogP contribution in [0.25, 0.3) is 10.9 Å². The normalized spacial score (nSPS) is 13.6. The molecule has 236 valence electrons. The molecule has 6 amide bonds. The number of nitrogens with two attached hydrogens (primary N) is 2. The zero-order valence-corrected chi connectivity index (χ0v) is 23.9. The number of primary amides is 1. The van der Waals surface area contributed by atoms with E-state index in [1.807, 2.05) is 18.2 Å². The Hall–Kier alpha value is -5.29. The number of para-hydroxylation sites is 1. The summed E-state index contributed by atoms with van der Waals surface area (Å²) in [5.74, 6) is -4.53. The number of fused-ring (bicyclic) bond motifs is 1. The van der Waals surface area contributed by atoms with Crippen LogP contribution in [0.4, 0.5) is 0 Å². The number of nitrogens with one attached hydrogen (secondary N) is 7. The second-order valence-electron chi connectivity index (χ2n) is 9.91. The summed E-state index contributed by atoms with van der Waals surface area (Å²) < 4.78 is 0. The van der Waals surface area contributed by atoms with Gasteiger partial charge in [-0.15, -0.1) is 0 Å². The van der Waals surface area contributed by atoms with Gasteiger partial charge in [0.05, 0.1) is 32.1 Å². The van der Waals surface area contributed by atoms with Crippen LogP contribution in [0.15, 0.2) is 43.0 Å². The number of carbonyl (C=O) groups is 6. The highest BCUT2D eigenvalue weighted by Gasteiger charge is 2.31. The fraction of sp³-hybridized carbons (Fsp3) is 0.370. The monoisotopic (exact) mass is 612 g/mol. The van der Waals surface area contributed by atoms with Crippen LogP contribution in [0.1, 0.15) is 18.2 Å². The first-order chi connectivity index (χ1) is 21.0. The van der Waals surface area contributed by atoms with Crippen LogP contribution >= 0.6 is 0 Å².